The Labute approximate surface area is 206 Å². The fourth-order valence-corrected chi connectivity index (χ4v) is 4.19. The Balaban J connectivity index is 1.59. The molecule has 1 amide bonds. The zero-order valence-corrected chi connectivity index (χ0v) is 20.0. The van der Waals surface area contributed by atoms with Crippen molar-refractivity contribution in [2.75, 3.05) is 26.6 Å². The molecule has 9 nitrogen and oxygen atoms in total. The third-order valence-corrected chi connectivity index (χ3v) is 5.91. The van der Waals surface area contributed by atoms with Crippen LogP contribution in [0, 0.1) is 0 Å². The number of fused-ring (bicyclic) bond motifs is 3. The molecule has 0 aliphatic rings. The number of methoxy groups -OCH3 is 3. The molecular formula is C27H24N4O5. The third kappa shape index (κ3) is 4.11. The van der Waals surface area contributed by atoms with Gasteiger partial charge in [0.05, 0.1) is 43.7 Å². The minimum Gasteiger partial charge on any atom is -0.497 e. The van der Waals surface area contributed by atoms with Crippen LogP contribution in [0.3, 0.4) is 0 Å². The lowest BCUT2D eigenvalue weighted by molar-refractivity contribution is -0.116. The second kappa shape index (κ2) is 9.46. The van der Waals surface area contributed by atoms with Crippen LogP contribution in [0.25, 0.3) is 28.1 Å². The highest BCUT2D eigenvalue weighted by Crippen LogP contribution is 2.29. The third-order valence-electron chi connectivity index (χ3n) is 5.91. The fourth-order valence-electron chi connectivity index (χ4n) is 4.19. The number of amides is 1. The van der Waals surface area contributed by atoms with Crippen LogP contribution in [0.1, 0.15) is 0 Å². The van der Waals surface area contributed by atoms with Crippen LogP contribution in [0.5, 0.6) is 17.2 Å². The monoisotopic (exact) mass is 484 g/mol. The van der Waals surface area contributed by atoms with Gasteiger partial charge in [0.1, 0.15) is 23.8 Å². The van der Waals surface area contributed by atoms with E-state index in [4.69, 9.17) is 19.2 Å². The van der Waals surface area contributed by atoms with Gasteiger partial charge in [-0.3, -0.25) is 9.59 Å². The average Bonchev–Trinajstić information content (AvgIpc) is 3.22. The van der Waals surface area contributed by atoms with Crippen molar-refractivity contribution in [1.29, 1.82) is 0 Å². The van der Waals surface area contributed by atoms with Crippen molar-refractivity contribution < 1.29 is 19.0 Å². The highest BCUT2D eigenvalue weighted by molar-refractivity contribution is 5.94. The fraction of sp³-hybridized carbons (Fsp3) is 0.148. The van der Waals surface area contributed by atoms with Gasteiger partial charge in [0.15, 0.2) is 0 Å². The van der Waals surface area contributed by atoms with E-state index in [1.807, 2.05) is 48.5 Å². The van der Waals surface area contributed by atoms with E-state index in [1.165, 1.54) is 17.6 Å². The van der Waals surface area contributed by atoms with E-state index < -0.39 is 0 Å². The lowest BCUT2D eigenvalue weighted by atomic mass is 10.1. The molecule has 2 heterocycles. The Morgan fingerprint density at radius 1 is 0.861 bits per heavy atom. The lowest BCUT2D eigenvalue weighted by Crippen LogP contribution is -2.21. The normalized spacial score (nSPS) is 11.0. The van der Waals surface area contributed by atoms with Gasteiger partial charge in [-0.2, -0.15) is 0 Å². The Morgan fingerprint density at radius 3 is 2.36 bits per heavy atom. The molecule has 0 bridgehead atoms. The van der Waals surface area contributed by atoms with Crippen molar-refractivity contribution in [3.63, 3.8) is 0 Å². The summed E-state index contributed by atoms with van der Waals surface area (Å²) in [4.78, 5) is 31.2. The lowest BCUT2D eigenvalue weighted by Gasteiger charge is -2.12. The summed E-state index contributed by atoms with van der Waals surface area (Å²) in [6.07, 6.45) is 0. The molecule has 5 aromatic rings. The van der Waals surface area contributed by atoms with E-state index in [-0.39, 0.29) is 18.0 Å². The van der Waals surface area contributed by atoms with Crippen LogP contribution in [0.15, 0.2) is 77.6 Å². The summed E-state index contributed by atoms with van der Waals surface area (Å²) in [6.45, 7) is -0.0692. The number of rotatable bonds is 7. The number of imidazole rings is 1. The molecule has 0 atom stereocenters. The molecule has 182 valence electrons. The molecule has 0 aliphatic heterocycles. The maximum atomic E-state index is 13.2. The summed E-state index contributed by atoms with van der Waals surface area (Å²) in [5, 5.41) is 2.88. The highest BCUT2D eigenvalue weighted by Gasteiger charge is 2.18. The highest BCUT2D eigenvalue weighted by atomic mass is 16.5. The number of hydrogen-bond donors (Lipinski definition) is 1. The van der Waals surface area contributed by atoms with Crippen LogP contribution in [0.2, 0.25) is 0 Å². The number of benzene rings is 3. The quantitative estimate of drug-likeness (QED) is 0.375. The summed E-state index contributed by atoms with van der Waals surface area (Å²) < 4.78 is 19.2. The van der Waals surface area contributed by atoms with Gasteiger partial charge < -0.3 is 24.1 Å². The van der Waals surface area contributed by atoms with Gasteiger partial charge in [-0.25, -0.2) is 9.38 Å². The van der Waals surface area contributed by atoms with Gasteiger partial charge in [-0.15, -0.1) is 0 Å². The molecule has 0 spiro atoms. The summed E-state index contributed by atoms with van der Waals surface area (Å²) in [6, 6.07) is 21.3. The topological polar surface area (TPSA) is 96.1 Å². The average molecular weight is 485 g/mol. The standard InChI is InChI=1S/C27H24N4O5/c1-34-18-8-6-7-17(13-18)21-15-26(33)31-23-10-5-4-9-22(23)30(27(31)29-21)16-25(32)28-20-12-11-19(35-2)14-24(20)36-3/h4-15H,16H2,1-3H3,(H,28,32). The van der Waals surface area contributed by atoms with Crippen LogP contribution in [-0.2, 0) is 11.3 Å². The van der Waals surface area contributed by atoms with Crippen molar-refractivity contribution in [2.45, 2.75) is 6.54 Å². The molecule has 0 aliphatic carbocycles. The molecule has 0 fully saturated rings. The number of nitrogens with zero attached hydrogens (tertiary/aromatic N) is 3. The minimum absolute atomic E-state index is 0.0692. The molecule has 0 saturated heterocycles. The van der Waals surface area contributed by atoms with Crippen molar-refractivity contribution in [3.05, 3.63) is 83.2 Å². The molecule has 0 radical (unpaired) electrons. The Hall–Kier alpha value is -4.79. The van der Waals surface area contributed by atoms with Crippen LogP contribution < -0.4 is 25.1 Å². The summed E-state index contributed by atoms with van der Waals surface area (Å²) >= 11 is 0. The number of para-hydroxylation sites is 2. The smallest absolute Gasteiger partial charge is 0.260 e. The van der Waals surface area contributed by atoms with Crippen molar-refractivity contribution in [3.8, 4) is 28.5 Å². The molecule has 36 heavy (non-hydrogen) atoms. The van der Waals surface area contributed by atoms with Crippen molar-refractivity contribution in [1.82, 2.24) is 14.0 Å². The van der Waals surface area contributed by atoms with Crippen molar-refractivity contribution >= 4 is 28.4 Å². The molecule has 0 saturated carbocycles. The van der Waals surface area contributed by atoms with E-state index in [2.05, 4.69) is 5.32 Å². The first-order valence-corrected chi connectivity index (χ1v) is 11.2. The number of aromatic nitrogens is 3. The molecule has 0 unspecified atom stereocenters. The Morgan fingerprint density at radius 2 is 1.61 bits per heavy atom. The first-order chi connectivity index (χ1) is 17.5. The van der Waals surface area contributed by atoms with Crippen LogP contribution in [0.4, 0.5) is 5.69 Å². The van der Waals surface area contributed by atoms with E-state index in [0.29, 0.717) is 45.4 Å². The number of ether oxygens (including phenoxy) is 3. The SMILES string of the molecule is COc1cccc(-c2cc(=O)n3c4ccccc4n(CC(=O)Nc4ccc(OC)cc4OC)c3n2)c1. The largest absolute Gasteiger partial charge is 0.497 e. The second-order valence-corrected chi connectivity index (χ2v) is 8.04. The summed E-state index contributed by atoms with van der Waals surface area (Å²) in [7, 11) is 4.66. The predicted molar refractivity (Wildman–Crippen MR) is 137 cm³/mol. The molecule has 9 heteroatoms. The number of anilines is 1. The predicted octanol–water partition coefficient (Wildman–Crippen LogP) is 3.98. The van der Waals surface area contributed by atoms with Gasteiger partial charge in [0, 0.05) is 17.7 Å². The minimum atomic E-state index is -0.303. The Bertz CT molecular complexity index is 1650. The first-order valence-electron chi connectivity index (χ1n) is 11.2. The summed E-state index contributed by atoms with van der Waals surface area (Å²) in [5.41, 5.74) is 2.85. The van der Waals surface area contributed by atoms with Crippen LogP contribution in [-0.4, -0.2) is 41.2 Å². The number of nitrogens with one attached hydrogen (secondary N) is 1. The zero-order valence-electron chi connectivity index (χ0n) is 20.0. The number of carbonyl (C=O) groups excluding carboxylic acids is 1. The van der Waals surface area contributed by atoms with Gasteiger partial charge >= 0.3 is 0 Å². The first kappa shape index (κ1) is 23.0. The van der Waals surface area contributed by atoms with E-state index in [0.717, 1.165) is 5.56 Å². The van der Waals surface area contributed by atoms with Gasteiger partial charge in [-0.1, -0.05) is 24.3 Å². The van der Waals surface area contributed by atoms with E-state index >= 15 is 0 Å². The molecule has 3 aromatic carbocycles. The van der Waals surface area contributed by atoms with Gasteiger partial charge in [-0.05, 0) is 36.4 Å². The Kier molecular flexibility index (Phi) is 6.03. The van der Waals surface area contributed by atoms with E-state index in [1.54, 1.807) is 37.0 Å². The molecule has 2 aromatic heterocycles. The van der Waals surface area contributed by atoms with Gasteiger partial charge in [0.25, 0.3) is 5.56 Å². The van der Waals surface area contributed by atoms with Gasteiger partial charge in [0.2, 0.25) is 11.7 Å². The zero-order chi connectivity index (χ0) is 25.2. The second-order valence-electron chi connectivity index (χ2n) is 8.04. The number of carbonyl (C=O) groups is 1. The maximum absolute atomic E-state index is 13.2. The molecular weight excluding hydrogens is 460 g/mol. The van der Waals surface area contributed by atoms with E-state index in [9.17, 15) is 9.59 Å². The summed E-state index contributed by atoms with van der Waals surface area (Å²) in [5.74, 6) is 1.80. The van der Waals surface area contributed by atoms with Crippen LogP contribution >= 0.6 is 0 Å². The van der Waals surface area contributed by atoms with Crippen molar-refractivity contribution in [2.24, 2.45) is 0 Å². The maximum Gasteiger partial charge on any atom is 0.260 e. The molecule has 5 rings (SSSR count). The molecule has 1 N–H and O–H groups in total. The number of hydrogen-bond acceptors (Lipinski definition) is 6.